The highest BCUT2D eigenvalue weighted by Gasteiger charge is 1.93. The van der Waals surface area contributed by atoms with Gasteiger partial charge < -0.3 is 0 Å². The largest absolute Gasteiger partial charge is 0.228 e. The molecule has 3 heteroatoms. The normalized spacial score (nSPS) is 9.67. The molecule has 0 aliphatic heterocycles. The predicted molar refractivity (Wildman–Crippen MR) is 73.5 cm³/mol. The monoisotopic (exact) mass is 256 g/mol. The summed E-state index contributed by atoms with van der Waals surface area (Å²) in [6, 6.07) is 8.26. The fourth-order valence-electron chi connectivity index (χ4n) is 1.55. The van der Waals surface area contributed by atoms with E-state index in [2.05, 4.69) is 40.9 Å². The summed E-state index contributed by atoms with van der Waals surface area (Å²) >= 11 is 5.70. The van der Waals surface area contributed by atoms with Gasteiger partial charge in [-0.15, -0.1) is 0 Å². The zero-order chi connectivity index (χ0) is 12.8. The Labute approximate surface area is 112 Å². The molecule has 0 saturated heterocycles. The van der Waals surface area contributed by atoms with E-state index in [1.54, 1.807) is 12.4 Å². The Morgan fingerprint density at radius 3 is 2.33 bits per heavy atom. The number of nitrogens with zero attached hydrogens (tertiary/aromatic N) is 2. The van der Waals surface area contributed by atoms with Gasteiger partial charge in [-0.1, -0.05) is 43.0 Å². The van der Waals surface area contributed by atoms with E-state index in [1.807, 2.05) is 12.1 Å². The van der Waals surface area contributed by atoms with Gasteiger partial charge >= 0.3 is 0 Å². The summed E-state index contributed by atoms with van der Waals surface area (Å²) in [7, 11) is 0. The van der Waals surface area contributed by atoms with Gasteiger partial charge in [0.05, 0.1) is 17.4 Å². The number of hydrogen-bond donors (Lipinski definition) is 0. The molecule has 90 valence electrons. The van der Waals surface area contributed by atoms with E-state index in [4.69, 9.17) is 11.6 Å². The SMILES string of the molecule is CCCc1ccc(C#Cc2ncc(Cl)cn2)cc1. The summed E-state index contributed by atoms with van der Waals surface area (Å²) in [5.41, 5.74) is 2.30. The Hall–Kier alpha value is -1.85. The van der Waals surface area contributed by atoms with Gasteiger partial charge in [0.1, 0.15) is 0 Å². The van der Waals surface area contributed by atoms with Crippen molar-refractivity contribution in [1.29, 1.82) is 0 Å². The third kappa shape index (κ3) is 3.58. The molecular formula is C15H13ClN2. The first-order valence-corrected chi connectivity index (χ1v) is 6.24. The fourth-order valence-corrected chi connectivity index (χ4v) is 1.65. The fraction of sp³-hybridized carbons (Fsp3) is 0.200. The third-order valence-corrected chi connectivity index (χ3v) is 2.63. The van der Waals surface area contributed by atoms with Crippen LogP contribution in [0.3, 0.4) is 0 Å². The van der Waals surface area contributed by atoms with Crippen LogP contribution in [0.2, 0.25) is 5.02 Å². The highest BCUT2D eigenvalue weighted by atomic mass is 35.5. The summed E-state index contributed by atoms with van der Waals surface area (Å²) in [6.45, 7) is 2.17. The molecule has 0 N–H and O–H groups in total. The first-order chi connectivity index (χ1) is 8.78. The number of benzene rings is 1. The molecule has 0 amide bonds. The Kier molecular flexibility index (Phi) is 4.33. The summed E-state index contributed by atoms with van der Waals surface area (Å²) in [4.78, 5) is 8.05. The van der Waals surface area contributed by atoms with Crippen LogP contribution >= 0.6 is 11.6 Å². The molecule has 1 aromatic carbocycles. The lowest BCUT2D eigenvalue weighted by Gasteiger charge is -1.97. The van der Waals surface area contributed by atoms with E-state index in [-0.39, 0.29) is 0 Å². The highest BCUT2D eigenvalue weighted by molar-refractivity contribution is 6.30. The quantitative estimate of drug-likeness (QED) is 0.769. The Morgan fingerprint density at radius 1 is 1.06 bits per heavy atom. The van der Waals surface area contributed by atoms with E-state index in [9.17, 15) is 0 Å². The number of aryl methyl sites for hydroxylation is 1. The van der Waals surface area contributed by atoms with Gasteiger partial charge in [-0.25, -0.2) is 9.97 Å². The Balaban J connectivity index is 2.12. The van der Waals surface area contributed by atoms with Gasteiger partial charge in [0.25, 0.3) is 0 Å². The minimum atomic E-state index is 0.483. The lowest BCUT2D eigenvalue weighted by molar-refractivity contribution is 0.922. The van der Waals surface area contributed by atoms with Crippen molar-refractivity contribution < 1.29 is 0 Å². The molecule has 2 nitrogen and oxygen atoms in total. The van der Waals surface area contributed by atoms with E-state index >= 15 is 0 Å². The second kappa shape index (κ2) is 6.18. The highest BCUT2D eigenvalue weighted by Crippen LogP contribution is 2.06. The van der Waals surface area contributed by atoms with Gasteiger partial charge in [0, 0.05) is 5.56 Å². The van der Waals surface area contributed by atoms with Crippen LogP contribution < -0.4 is 0 Å². The number of hydrogen-bond acceptors (Lipinski definition) is 2. The van der Waals surface area contributed by atoms with E-state index in [0.717, 1.165) is 18.4 Å². The molecule has 0 unspecified atom stereocenters. The molecule has 18 heavy (non-hydrogen) atoms. The Bertz CT molecular complexity index is 562. The van der Waals surface area contributed by atoms with Crippen molar-refractivity contribution in [2.75, 3.05) is 0 Å². The minimum Gasteiger partial charge on any atom is -0.228 e. The van der Waals surface area contributed by atoms with Gasteiger partial charge in [-0.05, 0) is 30.0 Å². The Morgan fingerprint density at radius 2 is 1.72 bits per heavy atom. The lowest BCUT2D eigenvalue weighted by Crippen LogP contribution is -1.87. The standard InChI is InChI=1S/C15H13ClN2/c1-2-3-12-4-6-13(7-5-12)8-9-15-17-10-14(16)11-18-15/h4-7,10-11H,2-3H2,1H3. The molecule has 2 rings (SSSR count). The maximum atomic E-state index is 5.70. The minimum absolute atomic E-state index is 0.483. The molecule has 0 bridgehead atoms. The predicted octanol–water partition coefficient (Wildman–Crippen LogP) is 3.48. The average Bonchev–Trinajstić information content (AvgIpc) is 2.40. The molecule has 0 saturated carbocycles. The van der Waals surface area contributed by atoms with Crippen LogP contribution in [0.15, 0.2) is 36.7 Å². The first-order valence-electron chi connectivity index (χ1n) is 5.86. The van der Waals surface area contributed by atoms with Crippen LogP contribution in [0.4, 0.5) is 0 Å². The second-order valence-corrected chi connectivity index (χ2v) is 4.36. The van der Waals surface area contributed by atoms with Gasteiger partial charge in [-0.3, -0.25) is 0 Å². The van der Waals surface area contributed by atoms with E-state index in [1.165, 1.54) is 5.56 Å². The summed E-state index contributed by atoms with van der Waals surface area (Å²) in [5.74, 6) is 6.42. The molecule has 0 spiro atoms. The number of aromatic nitrogens is 2. The number of rotatable bonds is 2. The molecule has 0 fully saturated rings. The van der Waals surface area contributed by atoms with Crippen LogP contribution in [0.25, 0.3) is 0 Å². The van der Waals surface area contributed by atoms with Crippen LogP contribution in [-0.4, -0.2) is 9.97 Å². The zero-order valence-electron chi connectivity index (χ0n) is 10.2. The smallest absolute Gasteiger partial charge is 0.205 e. The van der Waals surface area contributed by atoms with Gasteiger partial charge in [-0.2, -0.15) is 0 Å². The van der Waals surface area contributed by atoms with Crippen molar-refractivity contribution in [2.45, 2.75) is 19.8 Å². The van der Waals surface area contributed by atoms with Crippen molar-refractivity contribution in [3.8, 4) is 11.8 Å². The number of halogens is 1. The van der Waals surface area contributed by atoms with Gasteiger partial charge in [0.2, 0.25) is 5.82 Å². The molecule has 0 radical (unpaired) electrons. The van der Waals surface area contributed by atoms with E-state index in [0.29, 0.717) is 10.8 Å². The molecule has 1 heterocycles. The average molecular weight is 257 g/mol. The van der Waals surface area contributed by atoms with Crippen LogP contribution in [0.1, 0.15) is 30.3 Å². The lowest BCUT2D eigenvalue weighted by atomic mass is 10.1. The van der Waals surface area contributed by atoms with Crippen LogP contribution in [0, 0.1) is 11.8 Å². The third-order valence-electron chi connectivity index (χ3n) is 2.43. The molecule has 0 atom stereocenters. The van der Waals surface area contributed by atoms with Crippen LogP contribution in [-0.2, 0) is 6.42 Å². The second-order valence-electron chi connectivity index (χ2n) is 3.92. The van der Waals surface area contributed by atoms with E-state index < -0.39 is 0 Å². The van der Waals surface area contributed by atoms with Crippen LogP contribution in [0.5, 0.6) is 0 Å². The summed E-state index contributed by atoms with van der Waals surface area (Å²) in [6.07, 6.45) is 5.35. The first kappa shape index (κ1) is 12.6. The summed E-state index contributed by atoms with van der Waals surface area (Å²) < 4.78 is 0. The molecule has 1 aromatic heterocycles. The summed E-state index contributed by atoms with van der Waals surface area (Å²) in [5, 5.41) is 0.518. The van der Waals surface area contributed by atoms with Crippen molar-refractivity contribution in [3.05, 3.63) is 58.6 Å². The molecule has 2 aromatic rings. The maximum absolute atomic E-state index is 5.70. The maximum Gasteiger partial charge on any atom is 0.205 e. The van der Waals surface area contributed by atoms with Crippen molar-refractivity contribution in [1.82, 2.24) is 9.97 Å². The van der Waals surface area contributed by atoms with Gasteiger partial charge in [0.15, 0.2) is 0 Å². The zero-order valence-corrected chi connectivity index (χ0v) is 10.9. The topological polar surface area (TPSA) is 25.8 Å². The van der Waals surface area contributed by atoms with Crippen molar-refractivity contribution in [2.24, 2.45) is 0 Å². The molecular weight excluding hydrogens is 244 g/mol. The van der Waals surface area contributed by atoms with Crippen molar-refractivity contribution in [3.63, 3.8) is 0 Å². The van der Waals surface area contributed by atoms with Crippen molar-refractivity contribution >= 4 is 11.6 Å². The molecule has 0 aliphatic rings. The molecule has 0 aliphatic carbocycles.